The van der Waals surface area contributed by atoms with Crippen molar-refractivity contribution in [3.05, 3.63) is 65.4 Å². The molecule has 0 aliphatic carbocycles. The van der Waals surface area contributed by atoms with Crippen LogP contribution in [-0.4, -0.2) is 64.8 Å². The number of amides is 2. The summed E-state index contributed by atoms with van der Waals surface area (Å²) in [4.78, 5) is 53.7. The topological polar surface area (TPSA) is 152 Å². The Morgan fingerprint density at radius 2 is 1.72 bits per heavy atom. The number of carboxylic acid groups (broad SMARTS) is 1. The van der Waals surface area contributed by atoms with Crippen LogP contribution in [0.4, 0.5) is 5.82 Å². The lowest BCUT2D eigenvalue weighted by molar-refractivity contribution is -0.148. The van der Waals surface area contributed by atoms with Crippen LogP contribution < -0.4 is 15.8 Å². The Morgan fingerprint density at radius 1 is 1.03 bits per heavy atom. The number of anilines is 1. The minimum absolute atomic E-state index is 0.0312. The number of ketones is 1. The Labute approximate surface area is 207 Å². The van der Waals surface area contributed by atoms with Gasteiger partial charge in [0.05, 0.1) is 6.54 Å². The standard InChI is InChI=1S/C26H26N4O6/c27-23-20-15-22(19(14-21(31)26(34)35)13-18(20)7-8-28-23)36-12-9-29-24(32)16-3-5-17(6-4-16)25(33)30-10-1-2-11-30/h3-8,13,15H,1-2,9-12,14H2,(H2,27,28)(H,29,32)(H,34,35). The summed E-state index contributed by atoms with van der Waals surface area (Å²) in [7, 11) is 0. The van der Waals surface area contributed by atoms with Crippen LogP contribution in [0.15, 0.2) is 48.7 Å². The lowest BCUT2D eigenvalue weighted by Crippen LogP contribution is -2.29. The molecule has 2 aromatic carbocycles. The highest BCUT2D eigenvalue weighted by molar-refractivity contribution is 6.33. The number of carbonyl (C=O) groups is 4. The lowest BCUT2D eigenvalue weighted by atomic mass is 10.0. The number of ether oxygens (including phenoxy) is 1. The van der Waals surface area contributed by atoms with E-state index in [1.807, 2.05) is 0 Å². The molecule has 0 unspecified atom stereocenters. The first-order valence-electron chi connectivity index (χ1n) is 11.6. The summed E-state index contributed by atoms with van der Waals surface area (Å²) >= 11 is 0. The summed E-state index contributed by atoms with van der Waals surface area (Å²) < 4.78 is 5.78. The number of nitrogens with zero attached hydrogens (tertiary/aromatic N) is 2. The summed E-state index contributed by atoms with van der Waals surface area (Å²) in [6.07, 6.45) is 3.19. The molecule has 4 N–H and O–H groups in total. The van der Waals surface area contributed by atoms with Gasteiger partial charge in [-0.1, -0.05) is 0 Å². The highest BCUT2D eigenvalue weighted by Crippen LogP contribution is 2.29. The fourth-order valence-corrected chi connectivity index (χ4v) is 4.09. The van der Waals surface area contributed by atoms with Gasteiger partial charge >= 0.3 is 5.97 Å². The van der Waals surface area contributed by atoms with E-state index in [1.54, 1.807) is 47.4 Å². The van der Waals surface area contributed by atoms with Gasteiger partial charge in [-0.05, 0) is 60.7 Å². The fraction of sp³-hybridized carbons (Fsp3) is 0.269. The van der Waals surface area contributed by atoms with Crippen LogP contribution in [0.5, 0.6) is 5.75 Å². The van der Waals surface area contributed by atoms with Crippen LogP contribution in [-0.2, 0) is 16.0 Å². The number of benzene rings is 2. The van der Waals surface area contributed by atoms with Gasteiger partial charge in [0.25, 0.3) is 11.8 Å². The molecule has 3 aromatic rings. The number of aliphatic carboxylic acids is 1. The summed E-state index contributed by atoms with van der Waals surface area (Å²) in [6, 6.07) is 11.5. The number of nitrogen functional groups attached to an aromatic ring is 1. The number of carbonyl (C=O) groups excluding carboxylic acids is 3. The van der Waals surface area contributed by atoms with E-state index in [0.29, 0.717) is 27.5 Å². The molecule has 1 aliphatic heterocycles. The van der Waals surface area contributed by atoms with E-state index in [2.05, 4.69) is 10.3 Å². The largest absolute Gasteiger partial charge is 0.491 e. The van der Waals surface area contributed by atoms with Gasteiger partial charge < -0.3 is 25.8 Å². The number of pyridine rings is 1. The van der Waals surface area contributed by atoms with Crippen molar-refractivity contribution in [2.75, 3.05) is 32.0 Å². The third-order valence-electron chi connectivity index (χ3n) is 6.00. The maximum Gasteiger partial charge on any atom is 0.372 e. The minimum Gasteiger partial charge on any atom is -0.491 e. The number of fused-ring (bicyclic) bond motifs is 1. The predicted molar refractivity (Wildman–Crippen MR) is 132 cm³/mol. The fourth-order valence-electron chi connectivity index (χ4n) is 4.09. The molecule has 0 spiro atoms. The zero-order chi connectivity index (χ0) is 25.7. The van der Waals surface area contributed by atoms with Crippen LogP contribution >= 0.6 is 0 Å². The first-order chi connectivity index (χ1) is 17.3. The van der Waals surface area contributed by atoms with Crippen molar-refractivity contribution < 1.29 is 29.0 Å². The molecule has 1 fully saturated rings. The molecule has 2 amide bonds. The number of carboxylic acids is 1. The van der Waals surface area contributed by atoms with Gasteiger partial charge in [0.15, 0.2) is 0 Å². The summed E-state index contributed by atoms with van der Waals surface area (Å²) in [6.45, 7) is 1.73. The maximum absolute atomic E-state index is 12.5. The molecule has 0 saturated carbocycles. The predicted octanol–water partition coefficient (Wildman–Crippen LogP) is 2.06. The summed E-state index contributed by atoms with van der Waals surface area (Å²) in [5.41, 5.74) is 7.29. The Bertz CT molecular complexity index is 1320. The summed E-state index contributed by atoms with van der Waals surface area (Å²) in [5, 5.41) is 13.0. The number of hydrogen-bond donors (Lipinski definition) is 3. The number of nitrogens with one attached hydrogen (secondary N) is 1. The van der Waals surface area contributed by atoms with Gasteiger partial charge in [0.2, 0.25) is 5.78 Å². The zero-order valence-corrected chi connectivity index (χ0v) is 19.5. The molecule has 1 aliphatic rings. The molecule has 0 atom stereocenters. The molecule has 0 radical (unpaired) electrons. The molecule has 1 saturated heterocycles. The van der Waals surface area contributed by atoms with E-state index >= 15 is 0 Å². The molecule has 10 nitrogen and oxygen atoms in total. The summed E-state index contributed by atoms with van der Waals surface area (Å²) in [5.74, 6) is -2.30. The van der Waals surface area contributed by atoms with Gasteiger partial charge in [-0.25, -0.2) is 9.78 Å². The van der Waals surface area contributed by atoms with Gasteiger partial charge in [-0.3, -0.25) is 14.4 Å². The molecular weight excluding hydrogens is 464 g/mol. The highest BCUT2D eigenvalue weighted by Gasteiger charge is 2.20. The molecule has 2 heterocycles. The Hall–Kier alpha value is -4.47. The Morgan fingerprint density at radius 3 is 2.42 bits per heavy atom. The average Bonchev–Trinajstić information content (AvgIpc) is 3.41. The first-order valence-corrected chi connectivity index (χ1v) is 11.6. The number of rotatable bonds is 9. The van der Waals surface area contributed by atoms with Crippen molar-refractivity contribution in [3.8, 4) is 5.75 Å². The third kappa shape index (κ3) is 5.60. The smallest absolute Gasteiger partial charge is 0.372 e. The normalized spacial score (nSPS) is 12.9. The molecule has 1 aromatic heterocycles. The van der Waals surface area contributed by atoms with Crippen LogP contribution in [0.1, 0.15) is 39.1 Å². The SMILES string of the molecule is Nc1nccc2cc(CC(=O)C(=O)O)c(OCCNC(=O)c3ccc(C(=O)N4CCCC4)cc3)cc12. The molecule has 0 bridgehead atoms. The van der Waals surface area contributed by atoms with Gasteiger partial charge in [-0.15, -0.1) is 0 Å². The van der Waals surface area contributed by atoms with E-state index in [1.165, 1.54) is 6.20 Å². The van der Waals surface area contributed by atoms with Crippen molar-refractivity contribution in [2.24, 2.45) is 0 Å². The maximum atomic E-state index is 12.5. The van der Waals surface area contributed by atoms with Crippen molar-refractivity contribution in [1.82, 2.24) is 15.2 Å². The molecule has 4 rings (SSSR count). The Balaban J connectivity index is 1.37. The van der Waals surface area contributed by atoms with Crippen molar-refractivity contribution in [3.63, 3.8) is 0 Å². The van der Waals surface area contributed by atoms with E-state index in [4.69, 9.17) is 15.6 Å². The van der Waals surface area contributed by atoms with Crippen LogP contribution in [0, 0.1) is 0 Å². The number of nitrogens with two attached hydrogens (primary N) is 1. The monoisotopic (exact) mass is 490 g/mol. The minimum atomic E-state index is -1.53. The van der Waals surface area contributed by atoms with Crippen molar-refractivity contribution in [2.45, 2.75) is 19.3 Å². The van der Waals surface area contributed by atoms with Gasteiger partial charge in [0, 0.05) is 47.8 Å². The Kier molecular flexibility index (Phi) is 7.43. The number of likely N-dealkylation sites (tertiary alicyclic amines) is 1. The number of Topliss-reactive ketones (excluding diaryl/α,β-unsaturated/α-hetero) is 1. The van der Waals surface area contributed by atoms with E-state index in [0.717, 1.165) is 25.9 Å². The van der Waals surface area contributed by atoms with E-state index in [-0.39, 0.29) is 43.0 Å². The van der Waals surface area contributed by atoms with Gasteiger partial charge in [-0.2, -0.15) is 0 Å². The highest BCUT2D eigenvalue weighted by atomic mass is 16.5. The van der Waals surface area contributed by atoms with Crippen LogP contribution in [0.25, 0.3) is 10.8 Å². The van der Waals surface area contributed by atoms with Gasteiger partial charge in [0.1, 0.15) is 18.2 Å². The second-order valence-corrected chi connectivity index (χ2v) is 8.46. The average molecular weight is 491 g/mol. The second kappa shape index (κ2) is 10.9. The quantitative estimate of drug-likeness (QED) is 0.304. The van der Waals surface area contributed by atoms with Crippen molar-refractivity contribution >= 4 is 40.2 Å². The van der Waals surface area contributed by atoms with Crippen LogP contribution in [0.2, 0.25) is 0 Å². The third-order valence-corrected chi connectivity index (χ3v) is 6.00. The first kappa shape index (κ1) is 24.6. The molecule has 10 heteroatoms. The molecule has 186 valence electrons. The van der Waals surface area contributed by atoms with Crippen molar-refractivity contribution in [1.29, 1.82) is 0 Å². The zero-order valence-electron chi connectivity index (χ0n) is 19.5. The molecular formula is C26H26N4O6. The number of aromatic nitrogens is 1. The lowest BCUT2D eigenvalue weighted by Gasteiger charge is -2.15. The molecule has 36 heavy (non-hydrogen) atoms. The number of hydrogen-bond acceptors (Lipinski definition) is 7. The van der Waals surface area contributed by atoms with E-state index < -0.39 is 11.8 Å². The van der Waals surface area contributed by atoms with Crippen LogP contribution in [0.3, 0.4) is 0 Å². The van der Waals surface area contributed by atoms with E-state index in [9.17, 15) is 19.2 Å². The second-order valence-electron chi connectivity index (χ2n) is 8.46.